The van der Waals surface area contributed by atoms with Gasteiger partial charge in [0.2, 0.25) is 0 Å². The summed E-state index contributed by atoms with van der Waals surface area (Å²) in [7, 11) is 1.88. The van der Waals surface area contributed by atoms with E-state index >= 15 is 0 Å². The van der Waals surface area contributed by atoms with E-state index in [9.17, 15) is 9.50 Å². The molecule has 1 fully saturated rings. The molecule has 2 atom stereocenters. The number of aliphatic imine (C=N–C) groups is 1. The van der Waals surface area contributed by atoms with Crippen LogP contribution in [-0.2, 0) is 11.8 Å². The average Bonchev–Trinajstić information content (AvgIpc) is 3.17. The van der Waals surface area contributed by atoms with Gasteiger partial charge in [0.25, 0.3) is 0 Å². The fraction of sp³-hybridized carbons (Fsp3) is 0.500. The number of halogens is 1. The van der Waals surface area contributed by atoms with Gasteiger partial charge in [-0.25, -0.2) is 4.39 Å². The van der Waals surface area contributed by atoms with Crippen molar-refractivity contribution in [3.05, 3.63) is 48.0 Å². The minimum atomic E-state index is -0.774. The van der Waals surface area contributed by atoms with Crippen LogP contribution in [-0.4, -0.2) is 71.2 Å². The Kier molecular flexibility index (Phi) is 7.42. The highest BCUT2D eigenvalue weighted by Crippen LogP contribution is 2.21. The Morgan fingerprint density at radius 2 is 2.24 bits per heavy atom. The number of morpholine rings is 1. The summed E-state index contributed by atoms with van der Waals surface area (Å²) in [6.07, 6.45) is 2.92. The van der Waals surface area contributed by atoms with Gasteiger partial charge in [0.05, 0.1) is 25.9 Å². The molecular formula is C20H28FN5O3. The van der Waals surface area contributed by atoms with Gasteiger partial charge in [-0.3, -0.25) is 9.67 Å². The molecule has 0 spiro atoms. The third-order valence-corrected chi connectivity index (χ3v) is 4.51. The highest BCUT2D eigenvalue weighted by Gasteiger charge is 2.25. The van der Waals surface area contributed by atoms with Gasteiger partial charge in [0.15, 0.2) is 5.96 Å². The molecule has 1 saturated heterocycles. The number of nitrogens with one attached hydrogen (secondary N) is 1. The second kappa shape index (κ2) is 10.2. The first-order chi connectivity index (χ1) is 14.0. The fourth-order valence-corrected chi connectivity index (χ4v) is 3.04. The van der Waals surface area contributed by atoms with Crippen molar-refractivity contribution >= 4 is 5.96 Å². The highest BCUT2D eigenvalue weighted by atomic mass is 19.1. The molecule has 3 rings (SSSR count). The molecule has 0 amide bonds. The summed E-state index contributed by atoms with van der Waals surface area (Å²) in [5.41, 5.74) is 1.03. The Hall–Kier alpha value is -2.65. The summed E-state index contributed by atoms with van der Waals surface area (Å²) in [5.74, 6) is 0.909. The molecular weight excluding hydrogens is 377 g/mol. The van der Waals surface area contributed by atoms with Crippen LogP contribution in [0.15, 0.2) is 41.7 Å². The van der Waals surface area contributed by atoms with Crippen LogP contribution in [0.4, 0.5) is 4.39 Å². The van der Waals surface area contributed by atoms with Crippen LogP contribution in [0.25, 0.3) is 0 Å². The average molecular weight is 405 g/mol. The molecule has 29 heavy (non-hydrogen) atoms. The Morgan fingerprint density at radius 3 is 2.93 bits per heavy atom. The molecule has 0 saturated carbocycles. The number of aryl methyl sites for hydroxylation is 1. The summed E-state index contributed by atoms with van der Waals surface area (Å²) in [6, 6.07) is 5.70. The van der Waals surface area contributed by atoms with E-state index < -0.39 is 6.10 Å². The number of guanidine groups is 1. The lowest BCUT2D eigenvalue weighted by molar-refractivity contribution is -0.00814. The monoisotopic (exact) mass is 405 g/mol. The fourth-order valence-electron chi connectivity index (χ4n) is 3.04. The van der Waals surface area contributed by atoms with Crippen molar-refractivity contribution in [3.63, 3.8) is 0 Å². The first-order valence-electron chi connectivity index (χ1n) is 9.75. The molecule has 1 aliphatic heterocycles. The summed E-state index contributed by atoms with van der Waals surface area (Å²) >= 11 is 0. The molecule has 1 aliphatic rings. The second-order valence-corrected chi connectivity index (χ2v) is 6.87. The van der Waals surface area contributed by atoms with Crippen molar-refractivity contribution in [3.8, 4) is 5.75 Å². The van der Waals surface area contributed by atoms with E-state index in [-0.39, 0.29) is 25.1 Å². The Balaban J connectivity index is 1.56. The van der Waals surface area contributed by atoms with Gasteiger partial charge in [-0.15, -0.1) is 0 Å². The largest absolute Gasteiger partial charge is 0.491 e. The van der Waals surface area contributed by atoms with Crippen LogP contribution in [0.1, 0.15) is 18.6 Å². The third-order valence-electron chi connectivity index (χ3n) is 4.51. The van der Waals surface area contributed by atoms with Crippen molar-refractivity contribution in [2.24, 2.45) is 12.0 Å². The summed E-state index contributed by atoms with van der Waals surface area (Å²) in [5, 5.41) is 17.7. The van der Waals surface area contributed by atoms with Gasteiger partial charge in [-0.1, -0.05) is 0 Å². The van der Waals surface area contributed by atoms with E-state index in [0.717, 1.165) is 18.1 Å². The lowest BCUT2D eigenvalue weighted by Crippen LogP contribution is -2.48. The predicted molar refractivity (Wildman–Crippen MR) is 107 cm³/mol. The van der Waals surface area contributed by atoms with Crippen LogP contribution in [0.5, 0.6) is 5.75 Å². The summed E-state index contributed by atoms with van der Waals surface area (Å²) in [6.45, 7) is 4.94. The molecule has 1 aromatic heterocycles. The van der Waals surface area contributed by atoms with Crippen molar-refractivity contribution in [1.29, 1.82) is 0 Å². The first kappa shape index (κ1) is 21.1. The molecule has 0 bridgehead atoms. The zero-order valence-electron chi connectivity index (χ0n) is 16.8. The maximum Gasteiger partial charge on any atom is 0.194 e. The molecule has 2 heterocycles. The maximum atomic E-state index is 12.9. The van der Waals surface area contributed by atoms with Gasteiger partial charge >= 0.3 is 0 Å². The van der Waals surface area contributed by atoms with Crippen LogP contribution >= 0.6 is 0 Å². The predicted octanol–water partition coefficient (Wildman–Crippen LogP) is 1.34. The maximum absolute atomic E-state index is 12.9. The Morgan fingerprint density at radius 1 is 1.45 bits per heavy atom. The van der Waals surface area contributed by atoms with Crippen molar-refractivity contribution < 1.29 is 19.0 Å². The normalized spacial score (nSPS) is 18.6. The van der Waals surface area contributed by atoms with E-state index in [1.54, 1.807) is 4.68 Å². The molecule has 2 N–H and O–H groups in total. The number of aliphatic hydroxyl groups is 1. The minimum absolute atomic E-state index is 0.0759. The van der Waals surface area contributed by atoms with Gasteiger partial charge in [0, 0.05) is 31.9 Å². The molecule has 2 aromatic rings. The summed E-state index contributed by atoms with van der Waals surface area (Å²) in [4.78, 5) is 6.69. The Bertz CT molecular complexity index is 796. The number of benzene rings is 1. The molecule has 2 unspecified atom stereocenters. The number of ether oxygens (including phenoxy) is 2. The number of aliphatic hydroxyl groups excluding tert-OH is 1. The smallest absolute Gasteiger partial charge is 0.194 e. The number of aromatic nitrogens is 2. The minimum Gasteiger partial charge on any atom is -0.491 e. The van der Waals surface area contributed by atoms with Gasteiger partial charge in [-0.05, 0) is 31.2 Å². The van der Waals surface area contributed by atoms with E-state index in [0.29, 0.717) is 25.4 Å². The molecule has 0 radical (unpaired) electrons. The second-order valence-electron chi connectivity index (χ2n) is 6.87. The SMILES string of the molecule is CCNC(=NCC(O)COc1ccc(F)cc1)N1CCOC(c2cnn(C)c2)C1. The van der Waals surface area contributed by atoms with E-state index in [1.807, 2.05) is 26.4 Å². The number of rotatable bonds is 7. The number of nitrogens with zero attached hydrogens (tertiary/aromatic N) is 4. The number of hydrogen-bond acceptors (Lipinski definition) is 5. The standard InChI is InChI=1S/C20H28FN5O3/c1-3-22-20(23-11-17(27)14-29-18-6-4-16(21)5-7-18)26-8-9-28-19(13-26)15-10-24-25(2)12-15/h4-7,10,12,17,19,27H,3,8-9,11,13-14H2,1-2H3,(H,22,23). The van der Waals surface area contributed by atoms with Crippen LogP contribution in [0.2, 0.25) is 0 Å². The zero-order chi connectivity index (χ0) is 20.6. The quantitative estimate of drug-likeness (QED) is 0.534. The lowest BCUT2D eigenvalue weighted by Gasteiger charge is -2.35. The number of hydrogen-bond donors (Lipinski definition) is 2. The molecule has 8 nitrogen and oxygen atoms in total. The van der Waals surface area contributed by atoms with Gasteiger partial charge in [0.1, 0.15) is 30.4 Å². The van der Waals surface area contributed by atoms with E-state index in [1.165, 1.54) is 24.3 Å². The third kappa shape index (κ3) is 6.16. The van der Waals surface area contributed by atoms with E-state index in [2.05, 4.69) is 20.3 Å². The molecule has 158 valence electrons. The van der Waals surface area contributed by atoms with E-state index in [4.69, 9.17) is 9.47 Å². The summed E-state index contributed by atoms with van der Waals surface area (Å²) < 4.78 is 26.1. The topological polar surface area (TPSA) is 84.1 Å². The van der Waals surface area contributed by atoms with Gasteiger partial charge < -0.3 is 24.8 Å². The molecule has 0 aliphatic carbocycles. The van der Waals surface area contributed by atoms with Crippen LogP contribution in [0, 0.1) is 5.82 Å². The van der Waals surface area contributed by atoms with Crippen molar-refractivity contribution in [2.45, 2.75) is 19.1 Å². The molecule has 1 aromatic carbocycles. The van der Waals surface area contributed by atoms with Crippen molar-refractivity contribution in [2.75, 3.05) is 39.4 Å². The highest BCUT2D eigenvalue weighted by molar-refractivity contribution is 5.80. The lowest BCUT2D eigenvalue weighted by atomic mass is 10.1. The van der Waals surface area contributed by atoms with Crippen LogP contribution in [0.3, 0.4) is 0 Å². The van der Waals surface area contributed by atoms with Gasteiger partial charge in [-0.2, -0.15) is 5.10 Å². The first-order valence-corrected chi connectivity index (χ1v) is 9.75. The Labute approximate surface area is 169 Å². The van der Waals surface area contributed by atoms with Crippen LogP contribution < -0.4 is 10.1 Å². The zero-order valence-corrected chi connectivity index (χ0v) is 16.8. The molecule has 9 heteroatoms. The van der Waals surface area contributed by atoms with Crippen molar-refractivity contribution in [1.82, 2.24) is 20.0 Å².